The lowest BCUT2D eigenvalue weighted by Crippen LogP contribution is -2.40. The van der Waals surface area contributed by atoms with Gasteiger partial charge in [0.1, 0.15) is 5.75 Å². The molecule has 102 valence electrons. The fourth-order valence-corrected chi connectivity index (χ4v) is 3.76. The highest BCUT2D eigenvalue weighted by Gasteiger charge is 2.35. The molecule has 0 saturated carbocycles. The second-order valence-electron chi connectivity index (χ2n) is 5.21. The molecule has 2 unspecified atom stereocenters. The van der Waals surface area contributed by atoms with Gasteiger partial charge in [-0.2, -0.15) is 0 Å². The molecule has 3 rings (SSSR count). The summed E-state index contributed by atoms with van der Waals surface area (Å²) in [6.07, 6.45) is 3.02. The van der Waals surface area contributed by atoms with E-state index in [0.29, 0.717) is 12.6 Å². The van der Waals surface area contributed by atoms with E-state index in [1.807, 2.05) is 24.3 Å². The van der Waals surface area contributed by atoms with Gasteiger partial charge in [-0.1, -0.05) is 34.1 Å². The highest BCUT2D eigenvalue weighted by molar-refractivity contribution is 9.09. The molecule has 0 radical (unpaired) electrons. The maximum atomic E-state index is 12.8. The van der Waals surface area contributed by atoms with E-state index in [9.17, 15) is 4.79 Å². The van der Waals surface area contributed by atoms with E-state index in [2.05, 4.69) is 20.8 Å². The molecule has 0 spiro atoms. The van der Waals surface area contributed by atoms with Crippen molar-refractivity contribution in [2.75, 3.05) is 18.5 Å². The molecule has 3 nitrogen and oxygen atoms in total. The SMILES string of the molecule is O=C(C1CCOc2ccccc21)N1CCCC1CBr. The maximum absolute atomic E-state index is 12.8. The van der Waals surface area contributed by atoms with Gasteiger partial charge in [-0.05, 0) is 25.3 Å². The first-order valence-electron chi connectivity index (χ1n) is 6.89. The molecule has 2 heterocycles. The third-order valence-electron chi connectivity index (χ3n) is 4.09. The molecular formula is C15H18BrNO2. The highest BCUT2D eigenvalue weighted by atomic mass is 79.9. The number of likely N-dealkylation sites (tertiary alicyclic amines) is 1. The second kappa shape index (κ2) is 5.53. The maximum Gasteiger partial charge on any atom is 0.230 e. The van der Waals surface area contributed by atoms with Crippen LogP contribution in [0.15, 0.2) is 24.3 Å². The number of fused-ring (bicyclic) bond motifs is 1. The average molecular weight is 324 g/mol. The molecule has 4 heteroatoms. The summed E-state index contributed by atoms with van der Waals surface area (Å²) in [5.74, 6) is 1.13. The van der Waals surface area contributed by atoms with Crippen LogP contribution < -0.4 is 4.74 Å². The Kier molecular flexibility index (Phi) is 3.78. The summed E-state index contributed by atoms with van der Waals surface area (Å²) in [4.78, 5) is 14.8. The topological polar surface area (TPSA) is 29.5 Å². The van der Waals surface area contributed by atoms with E-state index >= 15 is 0 Å². The molecule has 2 aliphatic rings. The van der Waals surface area contributed by atoms with E-state index in [1.54, 1.807) is 0 Å². The lowest BCUT2D eigenvalue weighted by atomic mass is 9.91. The standard InChI is InChI=1S/C15H18BrNO2/c16-10-11-4-3-8-17(11)15(18)13-7-9-19-14-6-2-1-5-12(13)14/h1-2,5-6,11,13H,3-4,7-10H2. The zero-order chi connectivity index (χ0) is 13.2. The number of nitrogens with zero attached hydrogens (tertiary/aromatic N) is 1. The van der Waals surface area contributed by atoms with Crippen molar-refractivity contribution < 1.29 is 9.53 Å². The van der Waals surface area contributed by atoms with E-state index in [-0.39, 0.29) is 11.8 Å². The molecule has 1 amide bonds. The van der Waals surface area contributed by atoms with E-state index < -0.39 is 0 Å². The van der Waals surface area contributed by atoms with E-state index in [1.165, 1.54) is 0 Å². The van der Waals surface area contributed by atoms with Gasteiger partial charge in [0.2, 0.25) is 5.91 Å². The van der Waals surface area contributed by atoms with Gasteiger partial charge < -0.3 is 9.64 Å². The second-order valence-corrected chi connectivity index (χ2v) is 5.86. The first-order valence-corrected chi connectivity index (χ1v) is 8.01. The van der Waals surface area contributed by atoms with Crippen molar-refractivity contribution in [2.24, 2.45) is 0 Å². The van der Waals surface area contributed by atoms with Crippen LogP contribution in [0.1, 0.15) is 30.7 Å². The minimum atomic E-state index is -0.0235. The number of ether oxygens (including phenoxy) is 1. The first-order chi connectivity index (χ1) is 9.31. The smallest absolute Gasteiger partial charge is 0.230 e. The van der Waals surface area contributed by atoms with Crippen molar-refractivity contribution >= 4 is 21.8 Å². The minimum Gasteiger partial charge on any atom is -0.493 e. The monoisotopic (exact) mass is 323 g/mol. The summed E-state index contributed by atoms with van der Waals surface area (Å²) >= 11 is 3.52. The van der Waals surface area contributed by atoms with Gasteiger partial charge in [0.25, 0.3) is 0 Å². The number of hydrogen-bond acceptors (Lipinski definition) is 2. The van der Waals surface area contributed by atoms with Crippen molar-refractivity contribution in [1.82, 2.24) is 4.90 Å². The van der Waals surface area contributed by atoms with Crippen molar-refractivity contribution in [3.05, 3.63) is 29.8 Å². The zero-order valence-electron chi connectivity index (χ0n) is 10.8. The fraction of sp³-hybridized carbons (Fsp3) is 0.533. The number of carbonyl (C=O) groups is 1. The van der Waals surface area contributed by atoms with Gasteiger partial charge >= 0.3 is 0 Å². The third kappa shape index (κ3) is 2.38. The Balaban J connectivity index is 1.85. The van der Waals surface area contributed by atoms with E-state index in [0.717, 1.165) is 42.5 Å². The van der Waals surface area contributed by atoms with Gasteiger partial charge in [0.05, 0.1) is 12.5 Å². The van der Waals surface area contributed by atoms with Crippen LogP contribution in [-0.2, 0) is 4.79 Å². The van der Waals surface area contributed by atoms with Gasteiger partial charge in [-0.15, -0.1) is 0 Å². The number of halogens is 1. The number of hydrogen-bond donors (Lipinski definition) is 0. The Morgan fingerprint density at radius 2 is 2.21 bits per heavy atom. The molecule has 1 saturated heterocycles. The Labute approximate surface area is 122 Å². The zero-order valence-corrected chi connectivity index (χ0v) is 12.4. The number of rotatable bonds is 2. The van der Waals surface area contributed by atoms with Crippen LogP contribution in [0.5, 0.6) is 5.75 Å². The normalized spacial score (nSPS) is 25.8. The largest absolute Gasteiger partial charge is 0.493 e. The van der Waals surface area contributed by atoms with E-state index in [4.69, 9.17) is 4.74 Å². The molecule has 2 aliphatic heterocycles. The van der Waals surface area contributed by atoms with Crippen LogP contribution in [0.3, 0.4) is 0 Å². The summed E-state index contributed by atoms with van der Waals surface area (Å²) < 4.78 is 5.64. The van der Waals surface area contributed by atoms with Gasteiger partial charge in [-0.25, -0.2) is 0 Å². The number of carbonyl (C=O) groups excluding carboxylic acids is 1. The summed E-state index contributed by atoms with van der Waals surface area (Å²) in [7, 11) is 0. The van der Waals surface area contributed by atoms with Crippen LogP contribution >= 0.6 is 15.9 Å². The molecule has 0 N–H and O–H groups in total. The van der Waals surface area contributed by atoms with Gasteiger partial charge in [0, 0.05) is 23.5 Å². The summed E-state index contributed by atoms with van der Waals surface area (Å²) in [6.45, 7) is 1.54. The molecule has 1 fully saturated rings. The molecular weight excluding hydrogens is 306 g/mol. The summed E-state index contributed by atoms with van der Waals surface area (Å²) in [5.41, 5.74) is 1.05. The fourth-order valence-electron chi connectivity index (χ4n) is 3.09. The summed E-state index contributed by atoms with van der Waals surface area (Å²) in [5, 5.41) is 0.879. The molecule has 1 aromatic rings. The Morgan fingerprint density at radius 3 is 3.05 bits per heavy atom. The van der Waals surface area contributed by atoms with Crippen molar-refractivity contribution in [2.45, 2.75) is 31.2 Å². The van der Waals surface area contributed by atoms with Crippen LogP contribution in [0.2, 0.25) is 0 Å². The predicted octanol–water partition coefficient (Wildman–Crippen LogP) is 2.94. The Hall–Kier alpha value is -1.03. The minimum absolute atomic E-state index is 0.0235. The predicted molar refractivity (Wildman–Crippen MR) is 77.8 cm³/mol. The molecule has 0 bridgehead atoms. The average Bonchev–Trinajstić information content (AvgIpc) is 2.94. The molecule has 0 aliphatic carbocycles. The molecule has 2 atom stereocenters. The summed E-state index contributed by atoms with van der Waals surface area (Å²) in [6, 6.07) is 8.29. The van der Waals surface area contributed by atoms with Crippen LogP contribution in [0, 0.1) is 0 Å². The molecule has 1 aromatic carbocycles. The van der Waals surface area contributed by atoms with Gasteiger partial charge in [-0.3, -0.25) is 4.79 Å². The quantitative estimate of drug-likeness (QED) is 0.783. The number of amides is 1. The van der Waals surface area contributed by atoms with Gasteiger partial charge in [0.15, 0.2) is 0 Å². The van der Waals surface area contributed by atoms with Crippen LogP contribution in [0.25, 0.3) is 0 Å². The first kappa shape index (κ1) is 13.0. The number of para-hydroxylation sites is 1. The van der Waals surface area contributed by atoms with Crippen molar-refractivity contribution in [3.63, 3.8) is 0 Å². The Morgan fingerprint density at radius 1 is 1.37 bits per heavy atom. The van der Waals surface area contributed by atoms with Crippen LogP contribution in [-0.4, -0.2) is 35.3 Å². The number of benzene rings is 1. The third-order valence-corrected chi connectivity index (χ3v) is 4.84. The molecule has 0 aromatic heterocycles. The lowest BCUT2D eigenvalue weighted by molar-refractivity contribution is -0.133. The highest BCUT2D eigenvalue weighted by Crippen LogP contribution is 2.36. The molecule has 19 heavy (non-hydrogen) atoms. The lowest BCUT2D eigenvalue weighted by Gasteiger charge is -2.31. The van der Waals surface area contributed by atoms with Crippen LogP contribution in [0.4, 0.5) is 0 Å². The van der Waals surface area contributed by atoms with Crippen molar-refractivity contribution in [1.29, 1.82) is 0 Å². The Bertz CT molecular complexity index is 477. The number of alkyl halides is 1. The van der Waals surface area contributed by atoms with Crippen molar-refractivity contribution in [3.8, 4) is 5.75 Å².